The third-order valence-electron chi connectivity index (χ3n) is 4.22. The van der Waals surface area contributed by atoms with E-state index in [1.165, 1.54) is 0 Å². The number of nitrogens with one attached hydrogen (secondary N) is 3. The van der Waals surface area contributed by atoms with Gasteiger partial charge in [0.1, 0.15) is 0 Å². The molecule has 0 unspecified atom stereocenters. The van der Waals surface area contributed by atoms with Crippen LogP contribution in [0.1, 0.15) is 11.1 Å². The third-order valence-corrected chi connectivity index (χ3v) is 4.22. The molecule has 3 N–H and O–H groups in total. The predicted octanol–water partition coefficient (Wildman–Crippen LogP) is 4.14. The Morgan fingerprint density at radius 3 is 2.38 bits per heavy atom. The largest absolute Gasteiger partial charge is 0.493 e. The minimum Gasteiger partial charge on any atom is -0.493 e. The Bertz CT molecular complexity index is 928. The first-order valence-corrected chi connectivity index (χ1v) is 9.34. The summed E-state index contributed by atoms with van der Waals surface area (Å²) in [4.78, 5) is 12.1. The Kier molecular flexibility index (Phi) is 7.08. The van der Waals surface area contributed by atoms with Gasteiger partial charge in [0, 0.05) is 17.9 Å². The van der Waals surface area contributed by atoms with E-state index < -0.39 is 0 Å². The van der Waals surface area contributed by atoms with Gasteiger partial charge in [-0.25, -0.2) is 5.43 Å². The Balaban J connectivity index is 1.51. The van der Waals surface area contributed by atoms with Gasteiger partial charge in [-0.2, -0.15) is 0 Å². The molecule has 0 bridgehead atoms. The van der Waals surface area contributed by atoms with Crippen molar-refractivity contribution in [2.75, 3.05) is 24.5 Å². The molecule has 150 valence electrons. The van der Waals surface area contributed by atoms with Gasteiger partial charge in [-0.3, -0.25) is 4.79 Å². The maximum Gasteiger partial charge on any atom is 0.262 e. The van der Waals surface area contributed by atoms with Crippen LogP contribution >= 0.6 is 0 Å². The number of aryl methyl sites for hydroxylation is 1. The van der Waals surface area contributed by atoms with Crippen molar-refractivity contribution >= 4 is 17.3 Å². The van der Waals surface area contributed by atoms with E-state index in [4.69, 9.17) is 9.47 Å². The average Bonchev–Trinajstić information content (AvgIpc) is 2.75. The second-order valence-electron chi connectivity index (χ2n) is 6.53. The van der Waals surface area contributed by atoms with Crippen molar-refractivity contribution in [1.82, 2.24) is 5.43 Å². The van der Waals surface area contributed by atoms with E-state index in [1.807, 2.05) is 73.7 Å². The number of methoxy groups -OCH3 is 1. The zero-order valence-corrected chi connectivity index (χ0v) is 16.6. The van der Waals surface area contributed by atoms with Crippen LogP contribution in [0.25, 0.3) is 0 Å². The Morgan fingerprint density at radius 2 is 1.66 bits per heavy atom. The smallest absolute Gasteiger partial charge is 0.262 e. The van der Waals surface area contributed by atoms with E-state index in [-0.39, 0.29) is 12.5 Å². The summed E-state index contributed by atoms with van der Waals surface area (Å²) < 4.78 is 11.1. The number of carbonyl (C=O) groups is 1. The first-order valence-electron chi connectivity index (χ1n) is 9.34. The minimum atomic E-state index is -0.228. The SMILES string of the molecule is COc1cc(CNNc2ccccc2)ccc1OCC(=O)Nc1ccc(C)cc1. The molecule has 0 aliphatic rings. The molecule has 0 spiro atoms. The van der Waals surface area contributed by atoms with Crippen molar-refractivity contribution < 1.29 is 14.3 Å². The highest BCUT2D eigenvalue weighted by Gasteiger charge is 2.09. The second-order valence-corrected chi connectivity index (χ2v) is 6.53. The molecule has 29 heavy (non-hydrogen) atoms. The molecule has 3 rings (SSSR count). The van der Waals surface area contributed by atoms with Gasteiger partial charge in [-0.05, 0) is 48.9 Å². The van der Waals surface area contributed by atoms with E-state index in [0.29, 0.717) is 18.0 Å². The Morgan fingerprint density at radius 1 is 0.897 bits per heavy atom. The van der Waals surface area contributed by atoms with E-state index >= 15 is 0 Å². The van der Waals surface area contributed by atoms with E-state index in [0.717, 1.165) is 22.5 Å². The normalized spacial score (nSPS) is 10.3. The van der Waals surface area contributed by atoms with Gasteiger partial charge < -0.3 is 20.2 Å². The summed E-state index contributed by atoms with van der Waals surface area (Å²) >= 11 is 0. The molecule has 0 saturated carbocycles. The summed E-state index contributed by atoms with van der Waals surface area (Å²) in [6, 6.07) is 23.1. The molecule has 6 heteroatoms. The van der Waals surface area contributed by atoms with Crippen LogP contribution in [0.2, 0.25) is 0 Å². The summed E-state index contributed by atoms with van der Waals surface area (Å²) in [5, 5.41) is 2.81. The van der Waals surface area contributed by atoms with E-state index in [9.17, 15) is 4.79 Å². The highest BCUT2D eigenvalue weighted by molar-refractivity contribution is 5.91. The molecule has 0 saturated heterocycles. The lowest BCUT2D eigenvalue weighted by molar-refractivity contribution is -0.118. The van der Waals surface area contributed by atoms with Gasteiger partial charge in [0.2, 0.25) is 0 Å². The first kappa shape index (κ1) is 20.2. The lowest BCUT2D eigenvalue weighted by Crippen LogP contribution is -2.21. The molecule has 3 aromatic carbocycles. The Labute approximate surface area is 170 Å². The van der Waals surface area contributed by atoms with Crippen molar-refractivity contribution in [3.05, 3.63) is 83.9 Å². The lowest BCUT2D eigenvalue weighted by atomic mass is 10.2. The van der Waals surface area contributed by atoms with Crippen LogP contribution in [0.3, 0.4) is 0 Å². The van der Waals surface area contributed by atoms with Crippen molar-refractivity contribution in [2.24, 2.45) is 0 Å². The molecular weight excluding hydrogens is 366 g/mol. The third kappa shape index (κ3) is 6.26. The number of hydrogen-bond donors (Lipinski definition) is 3. The Hall–Kier alpha value is -3.51. The standard InChI is InChI=1S/C23H25N3O3/c1-17-8-11-19(12-9-17)25-23(27)16-29-21-13-10-18(14-22(21)28-2)15-24-26-20-6-4-3-5-7-20/h3-14,24,26H,15-16H2,1-2H3,(H,25,27). The quantitative estimate of drug-likeness (QED) is 0.478. The number of ether oxygens (including phenoxy) is 2. The topological polar surface area (TPSA) is 71.6 Å². The van der Waals surface area contributed by atoms with Gasteiger partial charge in [0.05, 0.1) is 7.11 Å². The molecule has 0 aliphatic heterocycles. The number of anilines is 2. The molecule has 1 amide bonds. The number of hydrogen-bond acceptors (Lipinski definition) is 5. The molecule has 0 heterocycles. The molecule has 0 radical (unpaired) electrons. The highest BCUT2D eigenvalue weighted by atomic mass is 16.5. The number of hydrazine groups is 1. The number of amides is 1. The van der Waals surface area contributed by atoms with Crippen LogP contribution in [0.5, 0.6) is 11.5 Å². The van der Waals surface area contributed by atoms with Crippen LogP contribution in [0.4, 0.5) is 11.4 Å². The van der Waals surface area contributed by atoms with Crippen molar-refractivity contribution in [3.63, 3.8) is 0 Å². The fourth-order valence-corrected chi connectivity index (χ4v) is 2.69. The van der Waals surface area contributed by atoms with Crippen LogP contribution in [-0.2, 0) is 11.3 Å². The molecule has 6 nitrogen and oxygen atoms in total. The minimum absolute atomic E-state index is 0.0998. The fourth-order valence-electron chi connectivity index (χ4n) is 2.69. The fraction of sp³-hybridized carbons (Fsp3) is 0.174. The maximum absolute atomic E-state index is 12.1. The molecule has 0 fully saturated rings. The van der Waals surface area contributed by atoms with Gasteiger partial charge in [0.25, 0.3) is 5.91 Å². The summed E-state index contributed by atoms with van der Waals surface area (Å²) in [5.41, 5.74) is 10.2. The van der Waals surface area contributed by atoms with Crippen LogP contribution < -0.4 is 25.6 Å². The van der Waals surface area contributed by atoms with E-state index in [2.05, 4.69) is 16.2 Å². The average molecular weight is 391 g/mol. The second kappa shape index (κ2) is 10.1. The van der Waals surface area contributed by atoms with Crippen molar-refractivity contribution in [3.8, 4) is 11.5 Å². The van der Waals surface area contributed by atoms with Gasteiger partial charge in [-0.1, -0.05) is 42.0 Å². The van der Waals surface area contributed by atoms with Gasteiger partial charge >= 0.3 is 0 Å². The first-order chi connectivity index (χ1) is 14.1. The number of benzene rings is 3. The summed E-state index contributed by atoms with van der Waals surface area (Å²) in [5.74, 6) is 0.868. The molecule has 0 aliphatic carbocycles. The number of para-hydroxylation sites is 1. The van der Waals surface area contributed by atoms with Crippen LogP contribution in [-0.4, -0.2) is 19.6 Å². The monoisotopic (exact) mass is 391 g/mol. The van der Waals surface area contributed by atoms with Gasteiger partial charge in [-0.15, -0.1) is 0 Å². The lowest BCUT2D eigenvalue weighted by Gasteiger charge is -2.13. The number of carbonyl (C=O) groups excluding carboxylic acids is 1. The zero-order chi connectivity index (χ0) is 20.5. The number of rotatable bonds is 9. The predicted molar refractivity (Wildman–Crippen MR) is 115 cm³/mol. The zero-order valence-electron chi connectivity index (χ0n) is 16.6. The summed E-state index contributed by atoms with van der Waals surface area (Å²) in [6.45, 7) is 2.49. The van der Waals surface area contributed by atoms with E-state index in [1.54, 1.807) is 13.2 Å². The molecular formula is C23H25N3O3. The highest BCUT2D eigenvalue weighted by Crippen LogP contribution is 2.28. The molecule has 0 atom stereocenters. The van der Waals surface area contributed by atoms with Gasteiger partial charge in [0.15, 0.2) is 18.1 Å². The van der Waals surface area contributed by atoms with Crippen molar-refractivity contribution in [1.29, 1.82) is 0 Å². The van der Waals surface area contributed by atoms with Crippen LogP contribution in [0, 0.1) is 6.92 Å². The molecule has 3 aromatic rings. The maximum atomic E-state index is 12.1. The van der Waals surface area contributed by atoms with Crippen molar-refractivity contribution in [2.45, 2.75) is 13.5 Å². The summed E-state index contributed by atoms with van der Waals surface area (Å²) in [7, 11) is 1.58. The molecule has 0 aromatic heterocycles. The van der Waals surface area contributed by atoms with Crippen LogP contribution in [0.15, 0.2) is 72.8 Å². The summed E-state index contributed by atoms with van der Waals surface area (Å²) in [6.07, 6.45) is 0.